The topological polar surface area (TPSA) is 62.7 Å². The van der Waals surface area contributed by atoms with Gasteiger partial charge >= 0.3 is 5.97 Å². The van der Waals surface area contributed by atoms with Crippen LogP contribution in [0.15, 0.2) is 36.4 Å². The minimum absolute atomic E-state index is 0.0109. The Bertz CT molecular complexity index is 681. The minimum atomic E-state index is -0.999. The van der Waals surface area contributed by atoms with E-state index in [0.717, 1.165) is 49.1 Å². The summed E-state index contributed by atoms with van der Waals surface area (Å²) in [5, 5.41) is 11.1. The van der Waals surface area contributed by atoms with Crippen molar-refractivity contribution in [2.75, 3.05) is 20.2 Å². The van der Waals surface area contributed by atoms with Gasteiger partial charge in [0.2, 0.25) is 0 Å². The summed E-state index contributed by atoms with van der Waals surface area (Å²) < 4.78 is 4.62. The van der Waals surface area contributed by atoms with Gasteiger partial charge < -0.3 is 9.84 Å². The van der Waals surface area contributed by atoms with Gasteiger partial charge in [0.15, 0.2) is 6.10 Å². The van der Waals surface area contributed by atoms with Crippen LogP contribution in [0.4, 0.5) is 0 Å². The van der Waals surface area contributed by atoms with Crippen LogP contribution in [-0.4, -0.2) is 47.3 Å². The number of ether oxygens (including phenoxy) is 1. The Kier molecular flexibility index (Phi) is 4.88. The van der Waals surface area contributed by atoms with Crippen molar-refractivity contribution in [3.05, 3.63) is 42.1 Å². The average molecular weight is 314 g/mol. The van der Waals surface area contributed by atoms with Crippen LogP contribution >= 0.6 is 0 Å². The molecule has 0 bridgehead atoms. The van der Waals surface area contributed by atoms with Crippen LogP contribution in [0.25, 0.3) is 10.9 Å². The van der Waals surface area contributed by atoms with Gasteiger partial charge in [-0.15, -0.1) is 0 Å². The first-order valence-electron chi connectivity index (χ1n) is 8.00. The van der Waals surface area contributed by atoms with Crippen molar-refractivity contribution in [1.82, 2.24) is 9.88 Å². The zero-order chi connectivity index (χ0) is 16.2. The van der Waals surface area contributed by atoms with Crippen molar-refractivity contribution >= 4 is 16.9 Å². The van der Waals surface area contributed by atoms with E-state index >= 15 is 0 Å². The summed E-state index contributed by atoms with van der Waals surface area (Å²) in [7, 11) is 1.31. The molecule has 0 amide bonds. The fourth-order valence-electron chi connectivity index (χ4n) is 3.17. The highest BCUT2D eigenvalue weighted by atomic mass is 16.5. The highest BCUT2D eigenvalue weighted by Crippen LogP contribution is 2.23. The molecule has 3 rings (SSSR count). The second-order valence-electron chi connectivity index (χ2n) is 6.08. The van der Waals surface area contributed by atoms with Crippen LogP contribution in [0.3, 0.4) is 0 Å². The van der Waals surface area contributed by atoms with Crippen LogP contribution < -0.4 is 0 Å². The molecule has 1 unspecified atom stereocenters. The fraction of sp³-hybridized carbons (Fsp3) is 0.444. The summed E-state index contributed by atoms with van der Waals surface area (Å²) in [6.07, 6.45) is 0.592. The van der Waals surface area contributed by atoms with Gasteiger partial charge in [-0.2, -0.15) is 0 Å². The Hall–Kier alpha value is -1.98. The van der Waals surface area contributed by atoms with Crippen molar-refractivity contribution in [1.29, 1.82) is 0 Å². The molecule has 1 N–H and O–H groups in total. The zero-order valence-corrected chi connectivity index (χ0v) is 13.3. The molecule has 0 spiro atoms. The van der Waals surface area contributed by atoms with Gasteiger partial charge in [0.25, 0.3) is 0 Å². The van der Waals surface area contributed by atoms with E-state index in [1.807, 2.05) is 18.2 Å². The predicted octanol–water partition coefficient (Wildman–Crippen LogP) is 1.98. The monoisotopic (exact) mass is 314 g/mol. The molecule has 5 nitrogen and oxygen atoms in total. The number of aromatic nitrogens is 1. The van der Waals surface area contributed by atoms with E-state index in [1.165, 1.54) is 7.11 Å². The first-order valence-corrected chi connectivity index (χ1v) is 8.00. The van der Waals surface area contributed by atoms with Gasteiger partial charge in [-0.1, -0.05) is 24.3 Å². The lowest BCUT2D eigenvalue weighted by Crippen LogP contribution is -2.40. The maximum atomic E-state index is 11.4. The number of pyridine rings is 1. The Balaban J connectivity index is 1.58. The van der Waals surface area contributed by atoms with Crippen molar-refractivity contribution in [2.45, 2.75) is 25.5 Å². The summed E-state index contributed by atoms with van der Waals surface area (Å²) in [5.41, 5.74) is 2.07. The molecule has 0 radical (unpaired) electrons. The lowest BCUT2D eigenvalue weighted by atomic mass is 9.91. The van der Waals surface area contributed by atoms with E-state index in [4.69, 9.17) is 4.98 Å². The average Bonchev–Trinajstić information content (AvgIpc) is 2.61. The Morgan fingerprint density at radius 2 is 2.04 bits per heavy atom. The number of aliphatic hydroxyl groups is 1. The minimum Gasteiger partial charge on any atom is -0.467 e. The first-order chi connectivity index (χ1) is 11.2. The molecule has 1 atom stereocenters. The van der Waals surface area contributed by atoms with Gasteiger partial charge in [-0.25, -0.2) is 4.79 Å². The Morgan fingerprint density at radius 3 is 2.78 bits per heavy atom. The maximum absolute atomic E-state index is 11.4. The molecule has 5 heteroatoms. The summed E-state index contributed by atoms with van der Waals surface area (Å²) in [6.45, 7) is 2.51. The molecule has 0 saturated carbocycles. The summed E-state index contributed by atoms with van der Waals surface area (Å²) >= 11 is 0. The number of likely N-dealkylation sites (tertiary alicyclic amines) is 1. The quantitative estimate of drug-likeness (QED) is 0.874. The van der Waals surface area contributed by atoms with Gasteiger partial charge in [0.1, 0.15) is 0 Å². The molecule has 1 aromatic carbocycles. The number of benzene rings is 1. The van der Waals surface area contributed by atoms with Crippen LogP contribution in [0.5, 0.6) is 0 Å². The number of aliphatic hydroxyl groups excluding tert-OH is 1. The number of para-hydroxylation sites is 1. The number of rotatable bonds is 4. The molecule has 122 valence electrons. The zero-order valence-electron chi connectivity index (χ0n) is 13.3. The van der Waals surface area contributed by atoms with Crippen LogP contribution in [0.2, 0.25) is 0 Å². The van der Waals surface area contributed by atoms with Crippen molar-refractivity contribution < 1.29 is 14.6 Å². The molecule has 1 aromatic heterocycles. The van der Waals surface area contributed by atoms with E-state index in [0.29, 0.717) is 0 Å². The smallest absolute Gasteiger partial charge is 0.334 e. The molecular weight excluding hydrogens is 292 g/mol. The number of carbonyl (C=O) groups excluding carboxylic acids is 1. The lowest BCUT2D eigenvalue weighted by Gasteiger charge is -2.33. The first kappa shape index (κ1) is 15.9. The summed E-state index contributed by atoms with van der Waals surface area (Å²) in [4.78, 5) is 18.4. The number of nitrogens with zero attached hydrogens (tertiary/aromatic N) is 2. The standard InChI is InChI=1S/C18H22N2O3/c1-23-18(22)17(21)14-8-10-20(11-9-14)12-15-7-6-13-4-2-3-5-16(13)19-15/h2-7,14,17,21H,8-12H2,1H3. The van der Waals surface area contributed by atoms with Gasteiger partial charge in [-0.3, -0.25) is 9.88 Å². The van der Waals surface area contributed by atoms with Gasteiger partial charge in [0.05, 0.1) is 18.3 Å². The number of piperidine rings is 1. The highest BCUT2D eigenvalue weighted by molar-refractivity contribution is 5.78. The summed E-state index contributed by atoms with van der Waals surface area (Å²) in [5.74, 6) is -0.539. The number of esters is 1. The molecule has 2 aromatic rings. The molecule has 2 heterocycles. The number of fused-ring (bicyclic) bond motifs is 1. The molecular formula is C18H22N2O3. The number of hydrogen-bond donors (Lipinski definition) is 1. The van der Waals surface area contributed by atoms with E-state index in [-0.39, 0.29) is 5.92 Å². The van der Waals surface area contributed by atoms with Crippen molar-refractivity contribution in [3.8, 4) is 0 Å². The molecule has 23 heavy (non-hydrogen) atoms. The highest BCUT2D eigenvalue weighted by Gasteiger charge is 2.30. The van der Waals surface area contributed by atoms with Crippen LogP contribution in [0.1, 0.15) is 18.5 Å². The molecule has 1 aliphatic rings. The van der Waals surface area contributed by atoms with E-state index < -0.39 is 12.1 Å². The summed E-state index contributed by atoms with van der Waals surface area (Å²) in [6, 6.07) is 12.3. The second-order valence-corrected chi connectivity index (χ2v) is 6.08. The van der Waals surface area contributed by atoms with Crippen molar-refractivity contribution in [3.63, 3.8) is 0 Å². The van der Waals surface area contributed by atoms with Crippen LogP contribution in [-0.2, 0) is 16.1 Å². The SMILES string of the molecule is COC(=O)C(O)C1CCN(Cc2ccc3ccccc3n2)CC1. The van der Waals surface area contributed by atoms with Gasteiger partial charge in [0, 0.05) is 11.9 Å². The molecule has 1 aliphatic heterocycles. The van der Waals surface area contributed by atoms with E-state index in [2.05, 4.69) is 27.8 Å². The largest absolute Gasteiger partial charge is 0.467 e. The normalized spacial score (nSPS) is 18.0. The maximum Gasteiger partial charge on any atom is 0.334 e. The third-order valence-electron chi connectivity index (χ3n) is 4.56. The molecule has 1 fully saturated rings. The lowest BCUT2D eigenvalue weighted by molar-refractivity contribution is -0.154. The van der Waals surface area contributed by atoms with E-state index in [1.54, 1.807) is 0 Å². The fourth-order valence-corrected chi connectivity index (χ4v) is 3.17. The predicted molar refractivity (Wildman–Crippen MR) is 87.8 cm³/mol. The number of carbonyl (C=O) groups is 1. The van der Waals surface area contributed by atoms with E-state index in [9.17, 15) is 9.90 Å². The Labute approximate surface area is 135 Å². The number of hydrogen-bond acceptors (Lipinski definition) is 5. The second kappa shape index (κ2) is 7.06. The molecule has 0 aliphatic carbocycles. The Morgan fingerprint density at radius 1 is 1.30 bits per heavy atom. The third kappa shape index (κ3) is 3.68. The van der Waals surface area contributed by atoms with Crippen molar-refractivity contribution in [2.24, 2.45) is 5.92 Å². The molecule has 1 saturated heterocycles. The van der Waals surface area contributed by atoms with Gasteiger partial charge in [-0.05, 0) is 44.0 Å². The third-order valence-corrected chi connectivity index (χ3v) is 4.56. The number of methoxy groups -OCH3 is 1. The van der Waals surface area contributed by atoms with Crippen LogP contribution in [0, 0.1) is 5.92 Å².